The maximum Gasteiger partial charge on any atom is 0.220 e. The minimum absolute atomic E-state index is 0. The number of halogens is 1. The Morgan fingerprint density at radius 1 is 1.11 bits per heavy atom. The van der Waals surface area contributed by atoms with Crippen molar-refractivity contribution in [1.29, 1.82) is 0 Å². The second kappa shape index (κ2) is 5.09. The summed E-state index contributed by atoms with van der Waals surface area (Å²) < 4.78 is 0. The highest BCUT2D eigenvalue weighted by atomic mass is 35.5. The summed E-state index contributed by atoms with van der Waals surface area (Å²) in [5, 5.41) is 0. The molecule has 0 amide bonds. The van der Waals surface area contributed by atoms with Crippen LogP contribution in [0.2, 0.25) is 0 Å². The third kappa shape index (κ3) is 2.81. The van der Waals surface area contributed by atoms with Gasteiger partial charge in [-0.1, -0.05) is 6.07 Å². The SMILES string of the molecule is Cc1ccc(N2C(N)=NC(N)=NC2(C)C)cc1C.[Cl-]. The molecule has 0 bridgehead atoms. The predicted molar refractivity (Wildman–Crippen MR) is 75.7 cm³/mol. The minimum atomic E-state index is -0.530. The second-order valence-corrected chi connectivity index (χ2v) is 5.04. The van der Waals surface area contributed by atoms with Crippen LogP contribution in [0.4, 0.5) is 5.69 Å². The van der Waals surface area contributed by atoms with Gasteiger partial charge in [0.25, 0.3) is 0 Å². The van der Waals surface area contributed by atoms with Crippen molar-refractivity contribution in [1.82, 2.24) is 0 Å². The zero-order valence-electron chi connectivity index (χ0n) is 11.6. The Labute approximate surface area is 119 Å². The van der Waals surface area contributed by atoms with Gasteiger partial charge in [-0.25, -0.2) is 4.99 Å². The van der Waals surface area contributed by atoms with E-state index in [1.165, 1.54) is 11.1 Å². The number of guanidine groups is 2. The fourth-order valence-electron chi connectivity index (χ4n) is 2.12. The molecule has 1 aromatic carbocycles. The van der Waals surface area contributed by atoms with Crippen LogP contribution in [0.15, 0.2) is 28.2 Å². The lowest BCUT2D eigenvalue weighted by Gasteiger charge is -2.38. The van der Waals surface area contributed by atoms with Crippen LogP contribution < -0.4 is 28.8 Å². The molecule has 0 saturated carbocycles. The molecule has 5 nitrogen and oxygen atoms in total. The molecule has 0 spiro atoms. The number of rotatable bonds is 1. The van der Waals surface area contributed by atoms with Gasteiger partial charge in [0.05, 0.1) is 0 Å². The van der Waals surface area contributed by atoms with E-state index in [1.807, 2.05) is 24.8 Å². The molecule has 0 aromatic heterocycles. The molecule has 0 saturated heterocycles. The van der Waals surface area contributed by atoms with Crippen LogP contribution in [-0.2, 0) is 0 Å². The average Bonchev–Trinajstić information content (AvgIpc) is 2.20. The largest absolute Gasteiger partial charge is 1.00 e. The molecule has 4 N–H and O–H groups in total. The van der Waals surface area contributed by atoms with Crippen LogP contribution in [0.3, 0.4) is 0 Å². The molecule has 1 aliphatic heterocycles. The quantitative estimate of drug-likeness (QED) is 0.657. The summed E-state index contributed by atoms with van der Waals surface area (Å²) in [4.78, 5) is 10.2. The van der Waals surface area contributed by atoms with E-state index in [0.29, 0.717) is 5.96 Å². The molecule has 0 radical (unpaired) electrons. The van der Waals surface area contributed by atoms with E-state index in [-0.39, 0.29) is 18.4 Å². The molecular weight excluding hydrogens is 262 g/mol. The summed E-state index contributed by atoms with van der Waals surface area (Å²) in [5.74, 6) is 0.591. The third-order valence-electron chi connectivity index (χ3n) is 3.14. The average molecular weight is 281 g/mol. The number of hydrogen-bond donors (Lipinski definition) is 2. The number of aliphatic imine (C=N–C) groups is 2. The standard InChI is InChI=1S/C13H19N5.ClH/c1-8-5-6-10(7-9(8)2)18-12(15)16-11(14)17-13(18,3)4;/h5-7H,1-4H3,(H4,14,15,16,17);1H/p-1. The van der Waals surface area contributed by atoms with Crippen molar-refractivity contribution in [3.63, 3.8) is 0 Å². The Bertz CT molecular complexity index is 548. The molecule has 0 aliphatic carbocycles. The van der Waals surface area contributed by atoms with Crippen LogP contribution in [0, 0.1) is 13.8 Å². The van der Waals surface area contributed by atoms with Gasteiger partial charge in [-0.05, 0) is 51.0 Å². The van der Waals surface area contributed by atoms with Gasteiger partial charge in [-0.2, -0.15) is 4.99 Å². The normalized spacial score (nSPS) is 17.4. The number of anilines is 1. The number of nitrogens with zero attached hydrogens (tertiary/aromatic N) is 3. The molecule has 1 heterocycles. The smallest absolute Gasteiger partial charge is 0.220 e. The van der Waals surface area contributed by atoms with E-state index < -0.39 is 5.66 Å². The van der Waals surface area contributed by atoms with Crippen molar-refractivity contribution in [3.8, 4) is 0 Å². The minimum Gasteiger partial charge on any atom is -1.00 e. The van der Waals surface area contributed by atoms with Crippen LogP contribution in [0.5, 0.6) is 0 Å². The van der Waals surface area contributed by atoms with Gasteiger partial charge >= 0.3 is 0 Å². The van der Waals surface area contributed by atoms with Gasteiger partial charge in [-0.15, -0.1) is 0 Å². The van der Waals surface area contributed by atoms with Crippen molar-refractivity contribution >= 4 is 17.6 Å². The van der Waals surface area contributed by atoms with Gasteiger partial charge in [0.15, 0.2) is 0 Å². The highest BCUT2D eigenvalue weighted by molar-refractivity contribution is 6.05. The van der Waals surface area contributed by atoms with Crippen LogP contribution in [-0.4, -0.2) is 17.6 Å². The van der Waals surface area contributed by atoms with E-state index in [1.54, 1.807) is 0 Å². The fraction of sp³-hybridized carbons (Fsp3) is 0.385. The lowest BCUT2D eigenvalue weighted by Crippen LogP contribution is -3.00. The first-order valence-corrected chi connectivity index (χ1v) is 5.88. The topological polar surface area (TPSA) is 80.0 Å². The van der Waals surface area contributed by atoms with Crippen molar-refractivity contribution in [2.75, 3.05) is 4.90 Å². The molecule has 0 atom stereocenters. The summed E-state index contributed by atoms with van der Waals surface area (Å²) >= 11 is 0. The molecule has 19 heavy (non-hydrogen) atoms. The molecule has 6 heteroatoms. The molecule has 0 fully saturated rings. The Hall–Kier alpha value is -1.75. The Kier molecular flexibility index (Phi) is 4.10. The first kappa shape index (κ1) is 15.3. The van der Waals surface area contributed by atoms with E-state index in [9.17, 15) is 0 Å². The van der Waals surface area contributed by atoms with Crippen LogP contribution >= 0.6 is 0 Å². The molecule has 104 valence electrons. The van der Waals surface area contributed by atoms with Crippen molar-refractivity contribution in [3.05, 3.63) is 29.3 Å². The number of nitrogens with two attached hydrogens (primary N) is 2. The second-order valence-electron chi connectivity index (χ2n) is 5.04. The summed E-state index contributed by atoms with van der Waals surface area (Å²) in [6, 6.07) is 6.16. The third-order valence-corrected chi connectivity index (χ3v) is 3.14. The summed E-state index contributed by atoms with van der Waals surface area (Å²) in [6.45, 7) is 8.06. The Morgan fingerprint density at radius 2 is 1.74 bits per heavy atom. The monoisotopic (exact) mass is 280 g/mol. The summed E-state index contributed by atoms with van der Waals surface area (Å²) in [5.41, 5.74) is 14.5. The highest BCUT2D eigenvalue weighted by Gasteiger charge is 2.32. The Balaban J connectivity index is 0.00000180. The van der Waals surface area contributed by atoms with Gasteiger partial charge in [0, 0.05) is 5.69 Å². The molecule has 2 rings (SSSR count). The van der Waals surface area contributed by atoms with Crippen molar-refractivity contribution in [2.24, 2.45) is 21.5 Å². The van der Waals surface area contributed by atoms with Gasteiger partial charge in [0.1, 0.15) is 5.66 Å². The molecule has 1 aliphatic rings. The highest BCUT2D eigenvalue weighted by Crippen LogP contribution is 2.28. The van der Waals surface area contributed by atoms with E-state index in [0.717, 1.165) is 5.69 Å². The lowest BCUT2D eigenvalue weighted by atomic mass is 10.1. The van der Waals surface area contributed by atoms with Gasteiger partial charge in [-0.3, -0.25) is 4.90 Å². The zero-order chi connectivity index (χ0) is 13.5. The number of benzene rings is 1. The first-order valence-electron chi connectivity index (χ1n) is 5.88. The maximum atomic E-state index is 5.98. The lowest BCUT2D eigenvalue weighted by molar-refractivity contribution is -0.00000482. The van der Waals surface area contributed by atoms with Crippen molar-refractivity contribution in [2.45, 2.75) is 33.4 Å². The fourth-order valence-corrected chi connectivity index (χ4v) is 2.12. The van der Waals surface area contributed by atoms with Crippen LogP contribution in [0.1, 0.15) is 25.0 Å². The number of hydrogen-bond acceptors (Lipinski definition) is 5. The summed E-state index contributed by atoms with van der Waals surface area (Å²) in [6.07, 6.45) is 0. The summed E-state index contributed by atoms with van der Waals surface area (Å²) in [7, 11) is 0. The molecular formula is C13H19ClN5-. The van der Waals surface area contributed by atoms with Gasteiger partial charge < -0.3 is 23.9 Å². The molecule has 1 aromatic rings. The maximum absolute atomic E-state index is 5.98. The van der Waals surface area contributed by atoms with E-state index in [2.05, 4.69) is 36.0 Å². The number of aryl methyl sites for hydroxylation is 2. The predicted octanol–water partition coefficient (Wildman–Crippen LogP) is -1.51. The van der Waals surface area contributed by atoms with E-state index in [4.69, 9.17) is 11.5 Å². The van der Waals surface area contributed by atoms with E-state index >= 15 is 0 Å². The van der Waals surface area contributed by atoms with Gasteiger partial charge in [0.2, 0.25) is 11.9 Å². The zero-order valence-corrected chi connectivity index (χ0v) is 12.4. The Morgan fingerprint density at radius 3 is 2.26 bits per heavy atom. The molecule has 0 unspecified atom stereocenters. The van der Waals surface area contributed by atoms with Crippen LogP contribution in [0.25, 0.3) is 0 Å². The van der Waals surface area contributed by atoms with Crippen molar-refractivity contribution < 1.29 is 12.4 Å². The first-order chi connectivity index (χ1) is 8.31.